The van der Waals surface area contributed by atoms with Gasteiger partial charge >= 0.3 is 10.1 Å². The van der Waals surface area contributed by atoms with Gasteiger partial charge in [-0.15, -0.1) is 0 Å². The minimum Gasteiger partial charge on any atom is -0.504 e. The van der Waals surface area contributed by atoms with Gasteiger partial charge in [0.05, 0.1) is 5.56 Å². The van der Waals surface area contributed by atoms with Gasteiger partial charge in [-0.05, 0) is 5.56 Å². The van der Waals surface area contributed by atoms with Gasteiger partial charge in [0.15, 0.2) is 22.0 Å². The van der Waals surface area contributed by atoms with Crippen molar-refractivity contribution in [1.82, 2.24) is 0 Å². The summed E-state index contributed by atoms with van der Waals surface area (Å²) in [6.45, 7) is 0. The lowest BCUT2D eigenvalue weighted by atomic mass is 10.0. The molecule has 0 unspecified atom stereocenters. The first-order valence-electron chi connectivity index (χ1n) is 6.48. The molecule has 0 spiro atoms. The zero-order valence-corrected chi connectivity index (χ0v) is 12.6. The van der Waals surface area contributed by atoms with E-state index in [1.54, 1.807) is 30.3 Å². The van der Waals surface area contributed by atoms with E-state index >= 15 is 0 Å². The summed E-state index contributed by atoms with van der Waals surface area (Å²) in [6.07, 6.45) is 0.935. The topological polar surface area (TPSA) is 145 Å². The summed E-state index contributed by atoms with van der Waals surface area (Å²) in [5.41, 5.74) is -1.20. The van der Waals surface area contributed by atoms with Crippen molar-refractivity contribution in [1.29, 1.82) is 0 Å². The van der Waals surface area contributed by atoms with Crippen molar-refractivity contribution in [3.05, 3.63) is 46.8 Å². The summed E-state index contributed by atoms with van der Waals surface area (Å²) in [6, 6.07) is 8.18. The van der Waals surface area contributed by atoms with Crippen LogP contribution in [0.2, 0.25) is 0 Å². The van der Waals surface area contributed by atoms with E-state index in [0.717, 1.165) is 6.26 Å². The summed E-state index contributed by atoms with van der Waals surface area (Å²) in [4.78, 5) is 11.4. The maximum Gasteiger partial charge on any atom is 0.302 e. The highest BCUT2D eigenvalue weighted by molar-refractivity contribution is 7.86. The first kappa shape index (κ1) is 15.8. The molecular weight excluding hydrogens is 340 g/mol. The first-order chi connectivity index (χ1) is 11.2. The second-order valence-electron chi connectivity index (χ2n) is 4.90. The summed E-state index contributed by atoms with van der Waals surface area (Å²) in [5.74, 6) is -3.63. The molecule has 0 aliphatic heterocycles. The fourth-order valence-corrected chi connectivity index (χ4v) is 3.08. The van der Waals surface area contributed by atoms with Gasteiger partial charge in [-0.2, -0.15) is 8.42 Å². The van der Waals surface area contributed by atoms with Crippen molar-refractivity contribution in [3.63, 3.8) is 0 Å². The normalized spacial score (nSPS) is 11.7. The first-order valence-corrected chi connectivity index (χ1v) is 7.92. The predicted molar refractivity (Wildman–Crippen MR) is 82.7 cm³/mol. The average Bonchev–Trinajstić information content (AvgIpc) is 2.52. The maximum atomic E-state index is 12.6. The average molecular weight is 350 g/mol. The van der Waals surface area contributed by atoms with Crippen molar-refractivity contribution in [2.24, 2.45) is 0 Å². The van der Waals surface area contributed by atoms with E-state index < -0.39 is 48.7 Å². The van der Waals surface area contributed by atoms with Crippen LogP contribution in [0.15, 0.2) is 50.7 Å². The van der Waals surface area contributed by atoms with Crippen LogP contribution < -0.4 is 5.43 Å². The molecular formula is C15H10O8S. The van der Waals surface area contributed by atoms with Crippen molar-refractivity contribution in [3.8, 4) is 28.4 Å². The SMILES string of the molecule is O=c1c(-c2ccccc2)coc2c(S(=O)(=O)O)c(O)c(O)c(O)c12. The Hall–Kier alpha value is -3.04. The molecule has 0 atom stereocenters. The minimum absolute atomic E-state index is 0.00947. The van der Waals surface area contributed by atoms with Crippen LogP contribution >= 0.6 is 0 Å². The van der Waals surface area contributed by atoms with Gasteiger partial charge in [-0.1, -0.05) is 30.3 Å². The van der Waals surface area contributed by atoms with Crippen LogP contribution in [0.1, 0.15) is 0 Å². The number of hydrogen-bond donors (Lipinski definition) is 4. The number of fused-ring (bicyclic) bond motifs is 1. The van der Waals surface area contributed by atoms with Crippen LogP contribution in [0, 0.1) is 0 Å². The van der Waals surface area contributed by atoms with E-state index in [2.05, 4.69) is 0 Å². The van der Waals surface area contributed by atoms with Crippen LogP contribution in [-0.2, 0) is 10.1 Å². The van der Waals surface area contributed by atoms with E-state index in [-0.39, 0.29) is 5.56 Å². The van der Waals surface area contributed by atoms with Crippen molar-refractivity contribution in [2.75, 3.05) is 0 Å². The molecule has 0 aliphatic carbocycles. The zero-order valence-electron chi connectivity index (χ0n) is 11.8. The lowest BCUT2D eigenvalue weighted by molar-refractivity contribution is 0.360. The van der Waals surface area contributed by atoms with Gasteiger partial charge in [-0.25, -0.2) is 0 Å². The summed E-state index contributed by atoms with van der Waals surface area (Å²) >= 11 is 0. The van der Waals surface area contributed by atoms with Crippen LogP contribution in [0.5, 0.6) is 17.2 Å². The Morgan fingerprint density at radius 1 is 0.917 bits per heavy atom. The number of aromatic hydroxyl groups is 3. The smallest absolute Gasteiger partial charge is 0.302 e. The Morgan fingerprint density at radius 2 is 1.54 bits per heavy atom. The highest BCUT2D eigenvalue weighted by Gasteiger charge is 2.30. The summed E-state index contributed by atoms with van der Waals surface area (Å²) in [5, 5.41) is 28.6. The van der Waals surface area contributed by atoms with E-state index in [4.69, 9.17) is 4.42 Å². The molecule has 0 fully saturated rings. The number of phenolic OH excluding ortho intramolecular Hbond substituents is 3. The van der Waals surface area contributed by atoms with Gasteiger partial charge in [0.25, 0.3) is 0 Å². The Labute approximate surface area is 134 Å². The van der Waals surface area contributed by atoms with Gasteiger partial charge < -0.3 is 19.7 Å². The lowest BCUT2D eigenvalue weighted by Gasteiger charge is -2.10. The third-order valence-electron chi connectivity index (χ3n) is 3.44. The third kappa shape index (κ3) is 2.27. The molecule has 0 aliphatic rings. The molecule has 0 amide bonds. The van der Waals surface area contributed by atoms with E-state index in [1.165, 1.54) is 0 Å². The highest BCUT2D eigenvalue weighted by Crippen LogP contribution is 2.45. The minimum atomic E-state index is -5.05. The summed E-state index contributed by atoms with van der Waals surface area (Å²) in [7, 11) is -5.05. The molecule has 0 bridgehead atoms. The largest absolute Gasteiger partial charge is 0.504 e. The number of rotatable bonds is 2. The van der Waals surface area contributed by atoms with Crippen LogP contribution in [0.4, 0.5) is 0 Å². The number of hydrogen-bond acceptors (Lipinski definition) is 7. The van der Waals surface area contributed by atoms with Crippen molar-refractivity contribution >= 4 is 21.1 Å². The Morgan fingerprint density at radius 3 is 2.12 bits per heavy atom. The zero-order chi connectivity index (χ0) is 17.6. The standard InChI is InChI=1S/C15H10O8S/c16-10-8(7-4-2-1-3-5-7)6-23-14-9(10)11(17)12(18)13(19)15(14)24(20,21)22/h1-6,17-19H,(H,20,21,22). The molecule has 1 heterocycles. The van der Waals surface area contributed by atoms with Crippen molar-refractivity contribution in [2.45, 2.75) is 4.90 Å². The Kier molecular flexibility index (Phi) is 3.47. The fourth-order valence-electron chi connectivity index (χ4n) is 2.35. The van der Waals surface area contributed by atoms with Gasteiger partial charge in [0.1, 0.15) is 11.6 Å². The second-order valence-corrected chi connectivity index (χ2v) is 6.26. The van der Waals surface area contributed by atoms with Gasteiger partial charge in [0, 0.05) is 0 Å². The molecule has 0 saturated carbocycles. The molecule has 8 nitrogen and oxygen atoms in total. The molecule has 0 radical (unpaired) electrons. The van der Waals surface area contributed by atoms with Gasteiger partial charge in [-0.3, -0.25) is 9.35 Å². The monoisotopic (exact) mass is 350 g/mol. The molecule has 4 N–H and O–H groups in total. The molecule has 3 aromatic rings. The fraction of sp³-hybridized carbons (Fsp3) is 0. The van der Waals surface area contributed by atoms with Crippen LogP contribution in [0.25, 0.3) is 22.1 Å². The quantitative estimate of drug-likeness (QED) is 0.404. The number of benzene rings is 2. The number of phenols is 3. The molecule has 9 heteroatoms. The lowest BCUT2D eigenvalue weighted by Crippen LogP contribution is -2.08. The van der Waals surface area contributed by atoms with Crippen LogP contribution in [0.3, 0.4) is 0 Å². The molecule has 0 saturated heterocycles. The third-order valence-corrected chi connectivity index (χ3v) is 4.34. The molecule has 2 aromatic carbocycles. The highest BCUT2D eigenvalue weighted by atomic mass is 32.2. The van der Waals surface area contributed by atoms with E-state index in [0.29, 0.717) is 5.56 Å². The molecule has 1 aromatic heterocycles. The molecule has 3 rings (SSSR count). The summed E-state index contributed by atoms with van der Waals surface area (Å²) < 4.78 is 37.2. The van der Waals surface area contributed by atoms with Crippen molar-refractivity contribution < 1.29 is 32.7 Å². The van der Waals surface area contributed by atoms with Crippen LogP contribution in [-0.4, -0.2) is 28.3 Å². The van der Waals surface area contributed by atoms with E-state index in [9.17, 15) is 33.1 Å². The second kappa shape index (κ2) is 5.25. The Bertz CT molecular complexity index is 1110. The van der Waals surface area contributed by atoms with Gasteiger partial charge in [0.2, 0.25) is 11.2 Å². The molecule has 124 valence electrons. The maximum absolute atomic E-state index is 12.6. The Balaban J connectivity index is 2.53. The van der Waals surface area contributed by atoms with E-state index in [1.807, 2.05) is 0 Å². The predicted octanol–water partition coefficient (Wildman–Crippen LogP) is 1.82. The molecule has 24 heavy (non-hydrogen) atoms.